The van der Waals surface area contributed by atoms with E-state index in [0.717, 1.165) is 31.2 Å². The van der Waals surface area contributed by atoms with Gasteiger partial charge in [-0.1, -0.05) is 109 Å². The molecule has 0 amide bonds. The molecule has 0 spiro atoms. The standard InChI is InChI=1S/C32H46F2N2OSi/c1-5-7-9-10-11-13-18-37-27-23-35-32(36-24-27)30-29(33)22-26-21-25(16-17-28(26)31(30)34)15-12-14-20-38(3,4)19-8-6-2/h16-17,21-24H,5-15,18-20H2,1-4H3. The number of unbranched alkanes of at least 4 members (excludes halogenated alkanes) is 7. The summed E-state index contributed by atoms with van der Waals surface area (Å²) < 4.78 is 36.2. The molecule has 0 saturated heterocycles. The van der Waals surface area contributed by atoms with Crippen LogP contribution in [0.1, 0.15) is 83.6 Å². The smallest absolute Gasteiger partial charge is 0.165 e. The van der Waals surface area contributed by atoms with Crippen LogP contribution in [0.15, 0.2) is 36.7 Å². The van der Waals surface area contributed by atoms with Crippen LogP contribution in [0.5, 0.6) is 5.75 Å². The largest absolute Gasteiger partial charge is 0.490 e. The van der Waals surface area contributed by atoms with Crippen molar-refractivity contribution in [3.05, 3.63) is 53.9 Å². The predicted molar refractivity (Wildman–Crippen MR) is 159 cm³/mol. The Labute approximate surface area is 229 Å². The van der Waals surface area contributed by atoms with Gasteiger partial charge in [0.2, 0.25) is 0 Å². The highest BCUT2D eigenvalue weighted by molar-refractivity contribution is 6.77. The molecule has 208 valence electrons. The number of ether oxygens (including phenoxy) is 1. The third kappa shape index (κ3) is 9.14. The number of halogens is 2. The Morgan fingerprint density at radius 3 is 2.21 bits per heavy atom. The molecule has 0 saturated carbocycles. The van der Waals surface area contributed by atoms with Gasteiger partial charge in [-0.2, -0.15) is 0 Å². The van der Waals surface area contributed by atoms with E-state index >= 15 is 8.78 Å². The van der Waals surface area contributed by atoms with Gasteiger partial charge in [0, 0.05) is 13.5 Å². The second kappa shape index (κ2) is 15.3. The van der Waals surface area contributed by atoms with E-state index in [4.69, 9.17) is 4.74 Å². The quantitative estimate of drug-likeness (QED) is 0.126. The van der Waals surface area contributed by atoms with Crippen LogP contribution in [-0.2, 0) is 6.42 Å². The highest BCUT2D eigenvalue weighted by Gasteiger charge is 2.20. The Bertz CT molecular complexity index is 1130. The van der Waals surface area contributed by atoms with Crippen LogP contribution in [0.25, 0.3) is 22.2 Å². The van der Waals surface area contributed by atoms with E-state index in [2.05, 4.69) is 36.9 Å². The summed E-state index contributed by atoms with van der Waals surface area (Å²) in [6, 6.07) is 9.80. The van der Waals surface area contributed by atoms with Gasteiger partial charge in [0.05, 0.1) is 24.6 Å². The maximum absolute atomic E-state index is 15.4. The number of hydrogen-bond acceptors (Lipinski definition) is 3. The van der Waals surface area contributed by atoms with Gasteiger partial charge in [-0.3, -0.25) is 0 Å². The first-order chi connectivity index (χ1) is 18.3. The van der Waals surface area contributed by atoms with Gasteiger partial charge < -0.3 is 4.74 Å². The molecule has 3 nitrogen and oxygen atoms in total. The van der Waals surface area contributed by atoms with E-state index in [9.17, 15) is 0 Å². The number of fused-ring (bicyclic) bond motifs is 1. The molecule has 2 aromatic carbocycles. The highest BCUT2D eigenvalue weighted by Crippen LogP contribution is 2.31. The van der Waals surface area contributed by atoms with Crippen molar-refractivity contribution in [1.29, 1.82) is 0 Å². The summed E-state index contributed by atoms with van der Waals surface area (Å²) >= 11 is 0. The van der Waals surface area contributed by atoms with Gasteiger partial charge in [-0.15, -0.1) is 0 Å². The second-order valence-corrected chi connectivity index (χ2v) is 16.8. The fourth-order valence-corrected chi connectivity index (χ4v) is 7.81. The summed E-state index contributed by atoms with van der Waals surface area (Å²) in [5.41, 5.74) is 0.937. The van der Waals surface area contributed by atoms with Crippen molar-refractivity contribution in [2.45, 2.75) is 110 Å². The van der Waals surface area contributed by atoms with Crippen molar-refractivity contribution in [3.63, 3.8) is 0 Å². The van der Waals surface area contributed by atoms with Crippen LogP contribution >= 0.6 is 0 Å². The molecule has 3 rings (SSSR count). The van der Waals surface area contributed by atoms with E-state index in [1.807, 2.05) is 12.1 Å². The summed E-state index contributed by atoms with van der Waals surface area (Å²) in [5, 5.41) is 0.975. The minimum Gasteiger partial charge on any atom is -0.490 e. The molecule has 0 radical (unpaired) electrons. The maximum Gasteiger partial charge on any atom is 0.165 e. The molecule has 0 aliphatic carbocycles. The minimum atomic E-state index is -1.10. The van der Waals surface area contributed by atoms with Crippen molar-refractivity contribution < 1.29 is 13.5 Å². The highest BCUT2D eigenvalue weighted by atomic mass is 28.3. The topological polar surface area (TPSA) is 35.0 Å². The van der Waals surface area contributed by atoms with Gasteiger partial charge in [-0.05, 0) is 36.3 Å². The molecule has 6 heteroatoms. The van der Waals surface area contributed by atoms with E-state index in [1.54, 1.807) is 6.07 Å². The third-order valence-electron chi connectivity index (χ3n) is 7.49. The van der Waals surface area contributed by atoms with Gasteiger partial charge in [0.25, 0.3) is 0 Å². The Hall–Kier alpha value is -2.34. The number of aryl methyl sites for hydroxylation is 1. The van der Waals surface area contributed by atoms with Crippen molar-refractivity contribution in [3.8, 4) is 17.1 Å². The summed E-state index contributed by atoms with van der Waals surface area (Å²) in [5.74, 6) is -0.703. The molecule has 0 N–H and O–H groups in total. The van der Waals surface area contributed by atoms with Crippen LogP contribution in [0.2, 0.25) is 25.2 Å². The van der Waals surface area contributed by atoms with Gasteiger partial charge in [-0.25, -0.2) is 18.7 Å². The van der Waals surface area contributed by atoms with Crippen LogP contribution < -0.4 is 4.74 Å². The molecule has 0 aliphatic heterocycles. The molecule has 3 aromatic rings. The first kappa shape index (κ1) is 30.2. The van der Waals surface area contributed by atoms with Crippen molar-refractivity contribution in [2.24, 2.45) is 0 Å². The Kier molecular flexibility index (Phi) is 12.2. The molecule has 0 fully saturated rings. The third-order valence-corrected chi connectivity index (χ3v) is 10.9. The van der Waals surface area contributed by atoms with Gasteiger partial charge in [0.15, 0.2) is 11.6 Å². The molecule has 0 atom stereocenters. The first-order valence-electron chi connectivity index (χ1n) is 14.7. The molecular formula is C32H46F2N2OSi. The lowest BCUT2D eigenvalue weighted by atomic mass is 10.00. The summed E-state index contributed by atoms with van der Waals surface area (Å²) in [4.78, 5) is 8.42. The van der Waals surface area contributed by atoms with E-state index in [-0.39, 0.29) is 11.4 Å². The van der Waals surface area contributed by atoms with Crippen LogP contribution in [0.4, 0.5) is 8.78 Å². The van der Waals surface area contributed by atoms with Crippen molar-refractivity contribution in [2.75, 3.05) is 6.61 Å². The number of hydrogen-bond donors (Lipinski definition) is 0. The molecule has 0 unspecified atom stereocenters. The predicted octanol–water partition coefficient (Wildman–Crippen LogP) is 10.1. The van der Waals surface area contributed by atoms with Gasteiger partial charge >= 0.3 is 0 Å². The number of benzene rings is 2. The zero-order valence-corrected chi connectivity index (χ0v) is 24.9. The molecule has 1 heterocycles. The second-order valence-electron chi connectivity index (χ2n) is 11.4. The van der Waals surface area contributed by atoms with E-state index in [0.29, 0.717) is 23.1 Å². The minimum absolute atomic E-state index is 0.0350. The van der Waals surface area contributed by atoms with Gasteiger partial charge in [0.1, 0.15) is 11.6 Å². The monoisotopic (exact) mass is 540 g/mol. The average molecular weight is 541 g/mol. The van der Waals surface area contributed by atoms with Crippen molar-refractivity contribution in [1.82, 2.24) is 9.97 Å². The maximum atomic E-state index is 15.4. The summed E-state index contributed by atoms with van der Waals surface area (Å²) in [7, 11) is -1.10. The number of aromatic nitrogens is 2. The lowest BCUT2D eigenvalue weighted by Crippen LogP contribution is -2.24. The van der Waals surface area contributed by atoms with Crippen LogP contribution in [0.3, 0.4) is 0 Å². The SMILES string of the molecule is CCCCCCCCOc1cnc(-c2c(F)cc3cc(CCCC[Si](C)(C)CCCC)ccc3c2F)nc1. The number of nitrogens with zero attached hydrogens (tertiary/aromatic N) is 2. The molecule has 1 aromatic heterocycles. The Morgan fingerprint density at radius 1 is 0.789 bits per heavy atom. The zero-order chi connectivity index (χ0) is 27.4. The number of rotatable bonds is 17. The summed E-state index contributed by atoms with van der Waals surface area (Å²) in [6.45, 7) is 10.0. The normalized spacial score (nSPS) is 11.8. The Balaban J connectivity index is 1.59. The lowest BCUT2D eigenvalue weighted by molar-refractivity contribution is 0.302. The summed E-state index contributed by atoms with van der Waals surface area (Å²) in [6.07, 6.45) is 16.0. The first-order valence-corrected chi connectivity index (χ1v) is 18.1. The lowest BCUT2D eigenvalue weighted by Gasteiger charge is -2.21. The molecular weight excluding hydrogens is 494 g/mol. The van der Waals surface area contributed by atoms with Crippen LogP contribution in [-0.4, -0.2) is 24.6 Å². The average Bonchev–Trinajstić information content (AvgIpc) is 2.90. The Morgan fingerprint density at radius 2 is 1.47 bits per heavy atom. The molecule has 0 aliphatic rings. The van der Waals surface area contributed by atoms with Crippen LogP contribution in [0, 0.1) is 11.6 Å². The van der Waals surface area contributed by atoms with E-state index in [1.165, 1.54) is 75.5 Å². The zero-order valence-electron chi connectivity index (χ0n) is 23.9. The van der Waals surface area contributed by atoms with Crippen molar-refractivity contribution >= 4 is 18.8 Å². The van der Waals surface area contributed by atoms with E-state index < -0.39 is 19.7 Å². The fraction of sp³-hybridized carbons (Fsp3) is 0.562. The molecule has 38 heavy (non-hydrogen) atoms. The molecule has 0 bridgehead atoms. The fourth-order valence-electron chi connectivity index (χ4n) is 5.05.